The number of para-hydroxylation sites is 1. The summed E-state index contributed by atoms with van der Waals surface area (Å²) in [5, 5.41) is 11.6. The van der Waals surface area contributed by atoms with Crippen molar-refractivity contribution in [1.29, 1.82) is 0 Å². The van der Waals surface area contributed by atoms with E-state index in [2.05, 4.69) is 5.32 Å². The zero-order valence-electron chi connectivity index (χ0n) is 11.3. The van der Waals surface area contributed by atoms with Crippen LogP contribution in [0.4, 0.5) is 0 Å². The molecule has 0 heterocycles. The molecule has 0 bridgehead atoms. The molecule has 0 aromatic heterocycles. The van der Waals surface area contributed by atoms with Crippen LogP contribution in [0, 0.1) is 5.92 Å². The van der Waals surface area contributed by atoms with Crippen molar-refractivity contribution in [2.75, 3.05) is 6.61 Å². The van der Waals surface area contributed by atoms with Gasteiger partial charge in [-0.2, -0.15) is 0 Å². The van der Waals surface area contributed by atoms with Gasteiger partial charge in [0.05, 0.1) is 12.2 Å². The van der Waals surface area contributed by atoms with E-state index in [9.17, 15) is 9.59 Å². The van der Waals surface area contributed by atoms with Gasteiger partial charge in [-0.25, -0.2) is 4.79 Å². The SMILES string of the molecule is CCOc1ccccc1C(=O)NC(C(=O)O)C(C)C. The third-order valence-electron chi connectivity index (χ3n) is 2.65. The lowest BCUT2D eigenvalue weighted by Gasteiger charge is -2.18. The minimum atomic E-state index is -1.04. The Morgan fingerprint density at radius 3 is 2.47 bits per heavy atom. The van der Waals surface area contributed by atoms with Crippen molar-refractivity contribution in [2.24, 2.45) is 5.92 Å². The van der Waals surface area contributed by atoms with Crippen LogP contribution in [0.2, 0.25) is 0 Å². The van der Waals surface area contributed by atoms with Crippen LogP contribution in [0.3, 0.4) is 0 Å². The average Bonchev–Trinajstić information content (AvgIpc) is 2.36. The number of amides is 1. The monoisotopic (exact) mass is 265 g/mol. The molecule has 0 saturated carbocycles. The number of carboxylic acids is 1. The molecule has 19 heavy (non-hydrogen) atoms. The fourth-order valence-corrected chi connectivity index (χ4v) is 1.67. The maximum absolute atomic E-state index is 12.1. The lowest BCUT2D eigenvalue weighted by molar-refractivity contribution is -0.140. The fourth-order valence-electron chi connectivity index (χ4n) is 1.67. The Kier molecular flexibility index (Phi) is 5.36. The first-order valence-electron chi connectivity index (χ1n) is 6.22. The quantitative estimate of drug-likeness (QED) is 0.824. The second-order valence-corrected chi connectivity index (χ2v) is 4.46. The molecule has 1 unspecified atom stereocenters. The highest BCUT2D eigenvalue weighted by molar-refractivity contribution is 5.98. The Hall–Kier alpha value is -2.04. The number of benzene rings is 1. The minimum Gasteiger partial charge on any atom is -0.493 e. The smallest absolute Gasteiger partial charge is 0.326 e. The summed E-state index contributed by atoms with van der Waals surface area (Å²) in [7, 11) is 0. The second kappa shape index (κ2) is 6.78. The molecule has 0 aliphatic heterocycles. The Balaban J connectivity index is 2.91. The fraction of sp³-hybridized carbons (Fsp3) is 0.429. The molecule has 5 heteroatoms. The van der Waals surface area contributed by atoms with Crippen LogP contribution >= 0.6 is 0 Å². The predicted molar refractivity (Wildman–Crippen MR) is 71.3 cm³/mol. The normalized spacial score (nSPS) is 12.0. The maximum atomic E-state index is 12.1. The van der Waals surface area contributed by atoms with E-state index in [4.69, 9.17) is 9.84 Å². The number of hydrogen-bond donors (Lipinski definition) is 2. The van der Waals surface area contributed by atoms with E-state index < -0.39 is 17.9 Å². The zero-order valence-corrected chi connectivity index (χ0v) is 11.3. The molecule has 1 atom stereocenters. The van der Waals surface area contributed by atoms with Gasteiger partial charge < -0.3 is 15.2 Å². The lowest BCUT2D eigenvalue weighted by Crippen LogP contribution is -2.44. The summed E-state index contributed by atoms with van der Waals surface area (Å²) in [5.41, 5.74) is 0.344. The van der Waals surface area contributed by atoms with Crippen LogP contribution < -0.4 is 10.1 Å². The molecule has 2 N–H and O–H groups in total. The largest absolute Gasteiger partial charge is 0.493 e. The van der Waals surface area contributed by atoms with E-state index in [1.807, 2.05) is 6.92 Å². The predicted octanol–water partition coefficient (Wildman–Crippen LogP) is 1.92. The van der Waals surface area contributed by atoms with Gasteiger partial charge in [0.25, 0.3) is 5.91 Å². The van der Waals surface area contributed by atoms with E-state index in [0.29, 0.717) is 17.9 Å². The van der Waals surface area contributed by atoms with E-state index in [1.165, 1.54) is 0 Å². The highest BCUT2D eigenvalue weighted by Crippen LogP contribution is 2.18. The van der Waals surface area contributed by atoms with E-state index in [-0.39, 0.29) is 5.92 Å². The van der Waals surface area contributed by atoms with Gasteiger partial charge in [-0.3, -0.25) is 4.79 Å². The number of ether oxygens (including phenoxy) is 1. The van der Waals surface area contributed by atoms with E-state index in [1.54, 1.807) is 38.1 Å². The van der Waals surface area contributed by atoms with Gasteiger partial charge in [0.2, 0.25) is 0 Å². The van der Waals surface area contributed by atoms with Gasteiger partial charge in [0.15, 0.2) is 0 Å². The molecule has 0 aliphatic carbocycles. The van der Waals surface area contributed by atoms with Crippen LogP contribution in [-0.2, 0) is 4.79 Å². The standard InChI is InChI=1S/C14H19NO4/c1-4-19-11-8-6-5-7-10(11)13(16)15-12(9(2)3)14(17)18/h5-9,12H,4H2,1-3H3,(H,15,16)(H,17,18). The van der Waals surface area contributed by atoms with Gasteiger partial charge in [-0.15, -0.1) is 0 Å². The summed E-state index contributed by atoms with van der Waals surface area (Å²) in [5.74, 6) is -1.22. The van der Waals surface area contributed by atoms with Crippen molar-refractivity contribution in [1.82, 2.24) is 5.32 Å². The first-order valence-corrected chi connectivity index (χ1v) is 6.22. The molecule has 0 spiro atoms. The summed E-state index contributed by atoms with van der Waals surface area (Å²) < 4.78 is 5.35. The zero-order chi connectivity index (χ0) is 14.4. The van der Waals surface area contributed by atoms with Gasteiger partial charge in [0, 0.05) is 0 Å². The lowest BCUT2D eigenvalue weighted by atomic mass is 10.0. The molecule has 1 amide bonds. The molecule has 0 fully saturated rings. The number of aliphatic carboxylic acids is 1. The van der Waals surface area contributed by atoms with Crippen LogP contribution in [0.1, 0.15) is 31.1 Å². The number of carbonyl (C=O) groups excluding carboxylic acids is 1. The number of carboxylic acid groups (broad SMARTS) is 1. The minimum absolute atomic E-state index is 0.194. The van der Waals surface area contributed by atoms with Crippen molar-refractivity contribution in [3.05, 3.63) is 29.8 Å². The first kappa shape index (κ1) is 15.0. The Bertz CT molecular complexity index is 457. The summed E-state index contributed by atoms with van der Waals surface area (Å²) in [6.45, 7) is 5.75. The maximum Gasteiger partial charge on any atom is 0.326 e. The molecule has 5 nitrogen and oxygen atoms in total. The molecular weight excluding hydrogens is 246 g/mol. The van der Waals surface area contributed by atoms with Gasteiger partial charge in [-0.1, -0.05) is 26.0 Å². The highest BCUT2D eigenvalue weighted by atomic mass is 16.5. The third-order valence-corrected chi connectivity index (χ3v) is 2.65. The third kappa shape index (κ3) is 3.98. The Labute approximate surface area is 112 Å². The summed E-state index contributed by atoms with van der Waals surface area (Å²) in [6, 6.07) is 5.85. The summed E-state index contributed by atoms with van der Waals surface area (Å²) in [6.07, 6.45) is 0. The van der Waals surface area contributed by atoms with Crippen LogP contribution in [0.15, 0.2) is 24.3 Å². The first-order chi connectivity index (χ1) is 8.97. The van der Waals surface area contributed by atoms with Crippen LogP contribution in [-0.4, -0.2) is 29.6 Å². The van der Waals surface area contributed by atoms with Gasteiger partial charge >= 0.3 is 5.97 Å². The van der Waals surface area contributed by atoms with Crippen molar-refractivity contribution < 1.29 is 19.4 Å². The number of carbonyl (C=O) groups is 2. The van der Waals surface area contributed by atoms with Crippen LogP contribution in [0.5, 0.6) is 5.75 Å². The van der Waals surface area contributed by atoms with Crippen molar-refractivity contribution in [3.8, 4) is 5.75 Å². The second-order valence-electron chi connectivity index (χ2n) is 4.46. The molecule has 1 rings (SSSR count). The van der Waals surface area contributed by atoms with Crippen molar-refractivity contribution in [3.63, 3.8) is 0 Å². The number of rotatable bonds is 6. The summed E-state index contributed by atoms with van der Waals surface area (Å²) in [4.78, 5) is 23.2. The molecule has 1 aromatic carbocycles. The van der Waals surface area contributed by atoms with Crippen molar-refractivity contribution in [2.45, 2.75) is 26.8 Å². The molecule has 104 valence electrons. The molecule has 0 saturated heterocycles. The molecule has 1 aromatic rings. The van der Waals surface area contributed by atoms with Crippen LogP contribution in [0.25, 0.3) is 0 Å². The summed E-state index contributed by atoms with van der Waals surface area (Å²) >= 11 is 0. The molecule has 0 radical (unpaired) electrons. The van der Waals surface area contributed by atoms with E-state index in [0.717, 1.165) is 0 Å². The van der Waals surface area contributed by atoms with E-state index >= 15 is 0 Å². The highest BCUT2D eigenvalue weighted by Gasteiger charge is 2.25. The Morgan fingerprint density at radius 2 is 1.95 bits per heavy atom. The topological polar surface area (TPSA) is 75.6 Å². The average molecular weight is 265 g/mol. The molecular formula is C14H19NO4. The van der Waals surface area contributed by atoms with Gasteiger partial charge in [-0.05, 0) is 25.0 Å². The number of hydrogen-bond acceptors (Lipinski definition) is 3. The number of nitrogens with one attached hydrogen (secondary N) is 1. The van der Waals surface area contributed by atoms with Crippen molar-refractivity contribution >= 4 is 11.9 Å². The molecule has 0 aliphatic rings. The Morgan fingerprint density at radius 1 is 1.32 bits per heavy atom. The van der Waals surface area contributed by atoms with Gasteiger partial charge in [0.1, 0.15) is 11.8 Å².